The summed E-state index contributed by atoms with van der Waals surface area (Å²) in [5, 5.41) is 34.8. The van der Waals surface area contributed by atoms with Crippen LogP contribution in [0, 0.1) is 6.92 Å². The number of carboxylic acid groups (broad SMARTS) is 2. The zero-order valence-electron chi connectivity index (χ0n) is 24.5. The van der Waals surface area contributed by atoms with E-state index < -0.39 is 29.2 Å². The molecular formula is C30H25F3N8O5. The number of carbonyl (C=O) groups excluding carboxylic acids is 1. The summed E-state index contributed by atoms with van der Waals surface area (Å²) in [6, 6.07) is 10.3. The molecule has 0 saturated heterocycles. The maximum Gasteiger partial charge on any atom is 0.417 e. The molecule has 0 radical (unpaired) electrons. The number of aryl methyl sites for hydroxylation is 1. The highest BCUT2D eigenvalue weighted by molar-refractivity contribution is 5.96. The van der Waals surface area contributed by atoms with Crippen LogP contribution in [0.15, 0.2) is 60.9 Å². The lowest BCUT2D eigenvalue weighted by atomic mass is 10.1. The van der Waals surface area contributed by atoms with E-state index in [0.29, 0.717) is 30.4 Å². The minimum atomic E-state index is -4.93. The molecule has 5 rings (SSSR count). The van der Waals surface area contributed by atoms with E-state index in [9.17, 15) is 37.8 Å². The van der Waals surface area contributed by atoms with Gasteiger partial charge in [0.05, 0.1) is 51.8 Å². The molecule has 0 saturated carbocycles. The Morgan fingerprint density at radius 2 is 1.26 bits per heavy atom. The first kappa shape index (κ1) is 31.5. The first-order valence-corrected chi connectivity index (χ1v) is 13.8. The van der Waals surface area contributed by atoms with E-state index in [0.717, 1.165) is 10.7 Å². The van der Waals surface area contributed by atoms with Crippen LogP contribution in [0.1, 0.15) is 56.0 Å². The smallest absolute Gasteiger partial charge is 0.417 e. The summed E-state index contributed by atoms with van der Waals surface area (Å²) in [5.41, 5.74) is -0.169. The van der Waals surface area contributed by atoms with E-state index >= 15 is 0 Å². The van der Waals surface area contributed by atoms with Gasteiger partial charge in [-0.05, 0) is 74.9 Å². The molecule has 0 unspecified atom stereocenters. The van der Waals surface area contributed by atoms with Gasteiger partial charge in [0.2, 0.25) is 0 Å². The molecule has 0 atom stereocenters. The van der Waals surface area contributed by atoms with Crippen molar-refractivity contribution >= 4 is 17.8 Å². The van der Waals surface area contributed by atoms with Crippen LogP contribution in [0.2, 0.25) is 0 Å². The molecule has 0 fully saturated rings. The summed E-state index contributed by atoms with van der Waals surface area (Å²) in [4.78, 5) is 42.3. The Balaban J connectivity index is 1.58. The lowest BCUT2D eigenvalue weighted by Crippen LogP contribution is -2.30. The number of aromatic nitrogens is 7. The van der Waals surface area contributed by atoms with E-state index in [1.165, 1.54) is 35.1 Å². The van der Waals surface area contributed by atoms with Gasteiger partial charge in [0, 0.05) is 18.7 Å². The largest absolute Gasteiger partial charge is 0.478 e. The molecule has 236 valence electrons. The molecule has 0 bridgehead atoms. The van der Waals surface area contributed by atoms with Gasteiger partial charge in [0.25, 0.3) is 5.91 Å². The van der Waals surface area contributed by atoms with Crippen molar-refractivity contribution in [1.29, 1.82) is 0 Å². The second kappa shape index (κ2) is 12.2. The zero-order valence-corrected chi connectivity index (χ0v) is 24.5. The number of rotatable bonds is 9. The van der Waals surface area contributed by atoms with Crippen molar-refractivity contribution < 1.29 is 37.8 Å². The number of pyridine rings is 1. The van der Waals surface area contributed by atoms with Crippen LogP contribution in [0.3, 0.4) is 0 Å². The number of benzene rings is 2. The number of nitrogens with zero attached hydrogens (tertiary/aromatic N) is 8. The van der Waals surface area contributed by atoms with Crippen LogP contribution in [-0.2, 0) is 6.18 Å². The SMILES string of the molecule is CCN(CC)C(=O)c1cc(-c2cn(-c3ccc(C(=O)O)c(C)c3)nn2)nc(-c2cn(-c3ccc(C(=O)O)c(C(F)(F)F)c3)nn2)c1. The molecule has 3 aromatic heterocycles. The predicted octanol–water partition coefficient (Wildman–Crippen LogP) is 4.78. The predicted molar refractivity (Wildman–Crippen MR) is 156 cm³/mol. The molecule has 0 aliphatic heterocycles. The summed E-state index contributed by atoms with van der Waals surface area (Å²) in [6.07, 6.45) is -2.08. The summed E-state index contributed by atoms with van der Waals surface area (Å²) >= 11 is 0. The number of alkyl halides is 3. The average Bonchev–Trinajstić information content (AvgIpc) is 3.72. The van der Waals surface area contributed by atoms with E-state index in [1.807, 2.05) is 13.8 Å². The second-order valence-electron chi connectivity index (χ2n) is 10.0. The summed E-state index contributed by atoms with van der Waals surface area (Å²) < 4.78 is 43.3. The molecule has 13 nitrogen and oxygen atoms in total. The summed E-state index contributed by atoms with van der Waals surface area (Å²) in [5.74, 6) is -3.10. The maximum atomic E-state index is 13.6. The van der Waals surface area contributed by atoms with Crippen LogP contribution in [0.4, 0.5) is 13.2 Å². The molecule has 5 aromatic rings. The van der Waals surface area contributed by atoms with E-state index in [1.54, 1.807) is 30.2 Å². The quantitative estimate of drug-likeness (QED) is 0.230. The molecule has 2 aromatic carbocycles. The molecule has 0 spiro atoms. The summed E-state index contributed by atoms with van der Waals surface area (Å²) in [6.45, 7) is 6.15. The highest BCUT2D eigenvalue weighted by Gasteiger charge is 2.36. The van der Waals surface area contributed by atoms with E-state index in [2.05, 4.69) is 25.6 Å². The summed E-state index contributed by atoms with van der Waals surface area (Å²) in [7, 11) is 0. The van der Waals surface area contributed by atoms with Crippen molar-refractivity contribution in [3.05, 3.63) is 88.7 Å². The minimum Gasteiger partial charge on any atom is -0.478 e. The Hall–Kier alpha value is -5.93. The van der Waals surface area contributed by atoms with Gasteiger partial charge in [0.1, 0.15) is 11.4 Å². The normalized spacial score (nSPS) is 11.4. The highest BCUT2D eigenvalue weighted by Crippen LogP contribution is 2.34. The number of carbonyl (C=O) groups is 3. The van der Waals surface area contributed by atoms with Crippen molar-refractivity contribution in [2.75, 3.05) is 13.1 Å². The third kappa shape index (κ3) is 6.17. The van der Waals surface area contributed by atoms with Crippen molar-refractivity contribution in [3.63, 3.8) is 0 Å². The van der Waals surface area contributed by atoms with Crippen LogP contribution < -0.4 is 0 Å². The molecular weight excluding hydrogens is 609 g/mol. The molecule has 0 aliphatic carbocycles. The van der Waals surface area contributed by atoms with Gasteiger partial charge in [0.15, 0.2) is 0 Å². The molecule has 16 heteroatoms. The van der Waals surface area contributed by atoms with Gasteiger partial charge >= 0.3 is 18.1 Å². The van der Waals surface area contributed by atoms with Crippen LogP contribution in [0.25, 0.3) is 34.2 Å². The number of aromatic carboxylic acids is 2. The van der Waals surface area contributed by atoms with E-state index in [-0.39, 0.29) is 45.5 Å². The maximum absolute atomic E-state index is 13.6. The monoisotopic (exact) mass is 634 g/mol. The zero-order chi connectivity index (χ0) is 33.3. The average molecular weight is 635 g/mol. The molecule has 3 heterocycles. The Labute approximate surface area is 258 Å². The fourth-order valence-electron chi connectivity index (χ4n) is 4.75. The third-order valence-corrected chi connectivity index (χ3v) is 7.14. The number of hydrogen-bond donors (Lipinski definition) is 2. The van der Waals surface area contributed by atoms with E-state index in [4.69, 9.17) is 0 Å². The fraction of sp³-hybridized carbons (Fsp3) is 0.200. The van der Waals surface area contributed by atoms with Gasteiger partial charge in [-0.3, -0.25) is 4.79 Å². The Morgan fingerprint density at radius 3 is 1.72 bits per heavy atom. The first-order chi connectivity index (χ1) is 21.8. The fourth-order valence-corrected chi connectivity index (χ4v) is 4.75. The lowest BCUT2D eigenvalue weighted by Gasteiger charge is -2.19. The minimum absolute atomic E-state index is 0.0983. The van der Waals surface area contributed by atoms with Crippen LogP contribution in [0.5, 0.6) is 0 Å². The molecule has 2 N–H and O–H groups in total. The van der Waals surface area contributed by atoms with Crippen molar-refractivity contribution in [2.45, 2.75) is 26.9 Å². The van der Waals surface area contributed by atoms with Gasteiger partial charge in [-0.15, -0.1) is 10.2 Å². The number of carboxylic acids is 2. The van der Waals surface area contributed by atoms with Crippen LogP contribution in [-0.4, -0.2) is 81.0 Å². The van der Waals surface area contributed by atoms with Gasteiger partial charge < -0.3 is 15.1 Å². The van der Waals surface area contributed by atoms with Crippen molar-refractivity contribution in [3.8, 4) is 34.2 Å². The number of amides is 1. The third-order valence-electron chi connectivity index (χ3n) is 7.14. The van der Waals surface area contributed by atoms with Crippen molar-refractivity contribution in [1.82, 2.24) is 39.9 Å². The molecule has 0 aliphatic rings. The van der Waals surface area contributed by atoms with Crippen molar-refractivity contribution in [2.24, 2.45) is 0 Å². The lowest BCUT2D eigenvalue weighted by molar-refractivity contribution is -0.138. The standard InChI is InChI=1S/C30H25F3N8O5/c1-4-39(5-2)27(42)17-11-23(25-14-40(37-35-25)18-6-8-20(28(43)44)16(3)10-18)34-24(12-17)26-15-41(38-36-26)19-7-9-21(29(45)46)22(13-19)30(31,32)33/h6-15H,4-5H2,1-3H3,(H,43,44)(H,45,46). The number of halogens is 3. The first-order valence-electron chi connectivity index (χ1n) is 13.8. The second-order valence-corrected chi connectivity index (χ2v) is 10.0. The van der Waals surface area contributed by atoms with Crippen LogP contribution >= 0.6 is 0 Å². The Morgan fingerprint density at radius 1 is 0.761 bits per heavy atom. The van der Waals surface area contributed by atoms with Gasteiger partial charge in [-0.1, -0.05) is 10.4 Å². The topological polar surface area (TPSA) is 169 Å². The Kier molecular flexibility index (Phi) is 8.37. The number of hydrogen-bond acceptors (Lipinski definition) is 8. The van der Waals surface area contributed by atoms with Gasteiger partial charge in [-0.2, -0.15) is 13.2 Å². The Bertz CT molecular complexity index is 1980. The van der Waals surface area contributed by atoms with Gasteiger partial charge in [-0.25, -0.2) is 23.9 Å². The molecule has 46 heavy (non-hydrogen) atoms. The highest BCUT2D eigenvalue weighted by atomic mass is 19.4. The molecule has 1 amide bonds.